The molecule has 2 rings (SSSR count). The second-order valence-electron chi connectivity index (χ2n) is 5.77. The van der Waals surface area contributed by atoms with E-state index in [0.717, 1.165) is 16.8 Å². The zero-order valence-corrected chi connectivity index (χ0v) is 11.7. The summed E-state index contributed by atoms with van der Waals surface area (Å²) in [6.07, 6.45) is 0. The van der Waals surface area contributed by atoms with Crippen molar-refractivity contribution in [3.63, 3.8) is 0 Å². The molecule has 96 valence electrons. The Bertz CT molecular complexity index is 609. The molecule has 0 aliphatic carbocycles. The number of hydrogen-bond acceptors (Lipinski definition) is 1. The Morgan fingerprint density at radius 2 is 1.61 bits per heavy atom. The molecular weight excluding hydrogens is 224 g/mol. The van der Waals surface area contributed by atoms with Crippen molar-refractivity contribution in [1.29, 1.82) is 0 Å². The Morgan fingerprint density at radius 3 is 2.06 bits per heavy atom. The van der Waals surface area contributed by atoms with Crippen LogP contribution in [0.2, 0.25) is 0 Å². The summed E-state index contributed by atoms with van der Waals surface area (Å²) in [4.78, 5) is 12.1. The number of aromatic amines is 1. The van der Waals surface area contributed by atoms with Gasteiger partial charge in [0.25, 0.3) is 5.56 Å². The van der Waals surface area contributed by atoms with Gasteiger partial charge in [-0.05, 0) is 40.2 Å². The van der Waals surface area contributed by atoms with Crippen molar-refractivity contribution in [1.82, 2.24) is 9.78 Å². The van der Waals surface area contributed by atoms with Gasteiger partial charge in [-0.3, -0.25) is 14.6 Å². The molecule has 0 saturated carbocycles. The number of rotatable bonds is 1. The van der Waals surface area contributed by atoms with Crippen LogP contribution in [-0.4, -0.2) is 9.78 Å². The molecule has 0 aliphatic heterocycles. The van der Waals surface area contributed by atoms with E-state index in [9.17, 15) is 4.79 Å². The van der Waals surface area contributed by atoms with Crippen LogP contribution in [0.15, 0.2) is 29.1 Å². The van der Waals surface area contributed by atoms with Gasteiger partial charge in [0.2, 0.25) is 0 Å². The monoisotopic (exact) mass is 244 g/mol. The minimum absolute atomic E-state index is 0.0220. The van der Waals surface area contributed by atoms with Gasteiger partial charge in [0, 0.05) is 5.69 Å². The molecule has 1 aromatic heterocycles. The molecule has 18 heavy (non-hydrogen) atoms. The lowest BCUT2D eigenvalue weighted by Crippen LogP contribution is -2.25. The van der Waals surface area contributed by atoms with Crippen LogP contribution in [0, 0.1) is 13.8 Å². The predicted molar refractivity (Wildman–Crippen MR) is 75.0 cm³/mol. The van der Waals surface area contributed by atoms with E-state index in [1.807, 2.05) is 42.8 Å². The van der Waals surface area contributed by atoms with Gasteiger partial charge in [0.15, 0.2) is 0 Å². The second-order valence-corrected chi connectivity index (χ2v) is 5.77. The Balaban J connectivity index is 2.63. The number of nitrogens with zero attached hydrogens (tertiary/aromatic N) is 1. The quantitative estimate of drug-likeness (QED) is 0.821. The van der Waals surface area contributed by atoms with E-state index < -0.39 is 0 Å². The lowest BCUT2D eigenvalue weighted by Gasteiger charge is -2.22. The van der Waals surface area contributed by atoms with Crippen LogP contribution in [0.1, 0.15) is 32.0 Å². The van der Waals surface area contributed by atoms with Gasteiger partial charge in [0.1, 0.15) is 0 Å². The summed E-state index contributed by atoms with van der Waals surface area (Å²) in [6, 6.07) is 8.06. The topological polar surface area (TPSA) is 37.8 Å². The molecule has 0 aliphatic rings. The average molecular weight is 244 g/mol. The van der Waals surface area contributed by atoms with Crippen molar-refractivity contribution in [2.24, 2.45) is 0 Å². The third kappa shape index (κ3) is 2.13. The van der Waals surface area contributed by atoms with Crippen LogP contribution < -0.4 is 5.56 Å². The fourth-order valence-corrected chi connectivity index (χ4v) is 2.25. The SMILES string of the molecule is Cc1ccc(-c2c(C)n(C(C)(C)C)[nH]c2=O)cc1. The first-order valence-electron chi connectivity index (χ1n) is 6.20. The Labute approximate surface area is 107 Å². The van der Waals surface area contributed by atoms with Crippen molar-refractivity contribution >= 4 is 0 Å². The number of aromatic nitrogens is 2. The lowest BCUT2D eigenvalue weighted by molar-refractivity contribution is 0.346. The summed E-state index contributed by atoms with van der Waals surface area (Å²) in [5.41, 5.74) is 3.78. The van der Waals surface area contributed by atoms with Gasteiger partial charge in [-0.2, -0.15) is 0 Å². The first-order valence-corrected chi connectivity index (χ1v) is 6.20. The number of aryl methyl sites for hydroxylation is 1. The predicted octanol–water partition coefficient (Wildman–Crippen LogP) is 3.22. The Hall–Kier alpha value is -1.77. The standard InChI is InChI=1S/C15H20N2O/c1-10-6-8-12(9-7-10)13-11(2)17(15(3,4)5)16-14(13)18/h6-9H,1-5H3,(H,16,18). The molecule has 3 heteroatoms. The molecule has 1 heterocycles. The van der Waals surface area contributed by atoms with Crippen molar-refractivity contribution in [2.75, 3.05) is 0 Å². The molecule has 1 aromatic carbocycles. The number of nitrogens with one attached hydrogen (secondary N) is 1. The van der Waals surface area contributed by atoms with E-state index >= 15 is 0 Å². The van der Waals surface area contributed by atoms with E-state index in [-0.39, 0.29) is 11.1 Å². The molecule has 0 saturated heterocycles. The van der Waals surface area contributed by atoms with E-state index in [1.54, 1.807) is 0 Å². The van der Waals surface area contributed by atoms with E-state index in [4.69, 9.17) is 0 Å². The van der Waals surface area contributed by atoms with E-state index in [2.05, 4.69) is 25.9 Å². The van der Waals surface area contributed by atoms with Gasteiger partial charge in [-0.25, -0.2) is 0 Å². The van der Waals surface area contributed by atoms with E-state index in [1.165, 1.54) is 5.56 Å². The summed E-state index contributed by atoms with van der Waals surface area (Å²) in [6.45, 7) is 10.3. The normalized spacial score (nSPS) is 11.8. The smallest absolute Gasteiger partial charge is 0.272 e. The number of benzene rings is 1. The van der Waals surface area contributed by atoms with Crippen LogP contribution in [-0.2, 0) is 5.54 Å². The Morgan fingerprint density at radius 1 is 1.06 bits per heavy atom. The minimum atomic E-state index is -0.119. The van der Waals surface area contributed by atoms with Gasteiger partial charge in [-0.15, -0.1) is 0 Å². The largest absolute Gasteiger partial charge is 0.284 e. The third-order valence-electron chi connectivity index (χ3n) is 3.15. The van der Waals surface area contributed by atoms with Crippen LogP contribution >= 0.6 is 0 Å². The lowest BCUT2D eigenvalue weighted by atomic mass is 10.0. The summed E-state index contributed by atoms with van der Waals surface area (Å²) in [7, 11) is 0. The van der Waals surface area contributed by atoms with Crippen molar-refractivity contribution in [3.8, 4) is 11.1 Å². The molecule has 1 N–H and O–H groups in total. The number of H-pyrrole nitrogens is 1. The van der Waals surface area contributed by atoms with Crippen molar-refractivity contribution < 1.29 is 0 Å². The molecule has 0 fully saturated rings. The van der Waals surface area contributed by atoms with Crippen LogP contribution in [0.25, 0.3) is 11.1 Å². The molecule has 0 amide bonds. The summed E-state index contributed by atoms with van der Waals surface area (Å²) >= 11 is 0. The summed E-state index contributed by atoms with van der Waals surface area (Å²) in [5.74, 6) is 0. The van der Waals surface area contributed by atoms with Crippen LogP contribution in [0.3, 0.4) is 0 Å². The summed E-state index contributed by atoms with van der Waals surface area (Å²) in [5, 5.41) is 2.93. The zero-order valence-electron chi connectivity index (χ0n) is 11.7. The maximum Gasteiger partial charge on any atom is 0.272 e. The van der Waals surface area contributed by atoms with E-state index in [0.29, 0.717) is 0 Å². The first-order chi connectivity index (χ1) is 8.30. The van der Waals surface area contributed by atoms with Crippen molar-refractivity contribution in [3.05, 3.63) is 45.9 Å². The van der Waals surface area contributed by atoms with Crippen molar-refractivity contribution in [2.45, 2.75) is 40.2 Å². The van der Waals surface area contributed by atoms with Gasteiger partial charge in [0.05, 0.1) is 11.1 Å². The molecule has 3 nitrogen and oxygen atoms in total. The van der Waals surface area contributed by atoms with Crippen LogP contribution in [0.5, 0.6) is 0 Å². The molecule has 0 spiro atoms. The van der Waals surface area contributed by atoms with Gasteiger partial charge >= 0.3 is 0 Å². The second kappa shape index (κ2) is 4.16. The fourth-order valence-electron chi connectivity index (χ4n) is 2.25. The molecule has 0 radical (unpaired) electrons. The molecule has 0 bridgehead atoms. The maximum absolute atomic E-state index is 12.1. The highest BCUT2D eigenvalue weighted by atomic mass is 16.1. The molecular formula is C15H20N2O. The highest BCUT2D eigenvalue weighted by Gasteiger charge is 2.20. The zero-order chi connectivity index (χ0) is 13.5. The number of hydrogen-bond donors (Lipinski definition) is 1. The average Bonchev–Trinajstić information content (AvgIpc) is 2.56. The van der Waals surface area contributed by atoms with Crippen LogP contribution in [0.4, 0.5) is 0 Å². The minimum Gasteiger partial charge on any atom is -0.284 e. The molecule has 2 aromatic rings. The highest BCUT2D eigenvalue weighted by Crippen LogP contribution is 2.23. The maximum atomic E-state index is 12.1. The first kappa shape index (κ1) is 12.7. The molecule has 0 unspecified atom stereocenters. The summed E-state index contributed by atoms with van der Waals surface area (Å²) < 4.78 is 1.94. The Kier molecular flexibility index (Phi) is 2.93. The highest BCUT2D eigenvalue weighted by molar-refractivity contribution is 5.65. The fraction of sp³-hybridized carbons (Fsp3) is 0.400. The third-order valence-corrected chi connectivity index (χ3v) is 3.15. The van der Waals surface area contributed by atoms with Gasteiger partial charge in [-0.1, -0.05) is 29.8 Å². The molecule has 0 atom stereocenters. The van der Waals surface area contributed by atoms with Gasteiger partial charge < -0.3 is 0 Å².